The molecule has 338 valence electrons. The quantitative estimate of drug-likeness (QED) is 0.0907. The largest absolute Gasteiger partial charge is 0.458 e. The maximum Gasteiger partial charge on any atom is 0.422 e. The third-order valence-corrected chi connectivity index (χ3v) is 13.4. The second-order valence-electron chi connectivity index (χ2n) is 18.6. The van der Waals surface area contributed by atoms with E-state index in [0.29, 0.717) is 28.2 Å². The van der Waals surface area contributed by atoms with Crippen LogP contribution in [0.3, 0.4) is 0 Å². The van der Waals surface area contributed by atoms with E-state index in [2.05, 4.69) is 134 Å². The molecule has 13 rings (SSSR count). The van der Waals surface area contributed by atoms with Gasteiger partial charge in [-0.2, -0.15) is 0 Å². The number of benzene rings is 9. The average molecular weight is 924 g/mol. The Morgan fingerprint density at radius 3 is 1.90 bits per heavy atom. The number of anilines is 4. The predicted molar refractivity (Wildman–Crippen MR) is 291 cm³/mol. The Morgan fingerprint density at radius 1 is 0.535 bits per heavy atom. The van der Waals surface area contributed by atoms with Gasteiger partial charge in [-0.3, -0.25) is 9.13 Å². The van der Waals surface area contributed by atoms with Gasteiger partial charge < -0.3 is 14.4 Å². The molecule has 0 radical (unpaired) electrons. The fourth-order valence-electron chi connectivity index (χ4n) is 10.2. The van der Waals surface area contributed by atoms with Gasteiger partial charge in [-0.05, 0) is 104 Å². The summed E-state index contributed by atoms with van der Waals surface area (Å²) in [5.41, 5.74) is 11.5. The maximum atomic E-state index is 9.10. The fourth-order valence-corrected chi connectivity index (χ4v) is 10.2. The molecule has 2 aromatic heterocycles. The normalized spacial score (nSPS) is 14.6. The minimum Gasteiger partial charge on any atom is -0.458 e. The van der Waals surface area contributed by atoms with Crippen LogP contribution in [0.5, 0.6) is 11.5 Å². The lowest BCUT2D eigenvalue weighted by molar-refractivity contribution is -0.571. The van der Waals surface area contributed by atoms with Gasteiger partial charge in [-0.25, -0.2) is 4.98 Å². The summed E-state index contributed by atoms with van der Waals surface area (Å²) in [7, 11) is 0. The van der Waals surface area contributed by atoms with Crippen LogP contribution in [0.2, 0.25) is 0 Å². The number of ether oxygens (including phenoxy) is 1. The van der Waals surface area contributed by atoms with Crippen LogP contribution < -0.4 is 24.4 Å². The average Bonchev–Trinajstić information content (AvgIpc) is 3.41. The van der Waals surface area contributed by atoms with E-state index in [9.17, 15) is 0 Å². The molecule has 0 fully saturated rings. The van der Waals surface area contributed by atoms with Crippen molar-refractivity contribution in [3.05, 3.63) is 248 Å². The molecule has 9 aromatic carbocycles. The fraction of sp³-hybridized carbons (Fsp3) is 0.0625. The Kier molecular flexibility index (Phi) is 7.81. The van der Waals surface area contributed by atoms with Gasteiger partial charge in [0.05, 0.1) is 47.5 Å². The summed E-state index contributed by atoms with van der Waals surface area (Å²) in [6.45, 7) is 6.25. The lowest BCUT2D eigenvalue weighted by Gasteiger charge is -2.34. The smallest absolute Gasteiger partial charge is 0.422 e. The Labute approximate surface area is 429 Å². The summed E-state index contributed by atoms with van der Waals surface area (Å²) in [5.74, 6) is 1.84. The molecule has 11 aromatic rings. The molecule has 0 saturated carbocycles. The van der Waals surface area contributed by atoms with Crippen LogP contribution in [0.1, 0.15) is 40.0 Å². The molecule has 0 aliphatic carbocycles. The van der Waals surface area contributed by atoms with Crippen LogP contribution in [0.4, 0.5) is 22.9 Å². The van der Waals surface area contributed by atoms with Gasteiger partial charge in [0, 0.05) is 23.5 Å². The summed E-state index contributed by atoms with van der Waals surface area (Å²) in [4.78, 5) is 9.84. The zero-order valence-electron chi connectivity index (χ0n) is 49.0. The van der Waals surface area contributed by atoms with Gasteiger partial charge in [0.2, 0.25) is 0 Å². The van der Waals surface area contributed by atoms with Crippen molar-refractivity contribution in [2.45, 2.75) is 26.2 Å². The predicted octanol–water partition coefficient (Wildman–Crippen LogP) is 14.9. The summed E-state index contributed by atoms with van der Waals surface area (Å²) < 4.78 is 98.1. The minimum absolute atomic E-state index is 0.135. The first-order valence-electron chi connectivity index (χ1n) is 28.5. The lowest BCUT2D eigenvalue weighted by atomic mass is 9.61. The molecular formula is C64H48BN5O. The molecular weight excluding hydrogens is 866 g/mol. The number of nitrogens with zero attached hydrogens (tertiary/aromatic N) is 5. The molecule has 0 spiro atoms. The number of pyridine rings is 1. The highest BCUT2D eigenvalue weighted by molar-refractivity contribution is 6.85. The van der Waals surface area contributed by atoms with Gasteiger partial charge in [-0.1, -0.05) is 196 Å². The Bertz CT molecular complexity index is 4300. The van der Waals surface area contributed by atoms with Gasteiger partial charge in [-0.15, -0.1) is 0 Å². The van der Waals surface area contributed by atoms with Gasteiger partial charge >= 0.3 is 6.98 Å². The van der Waals surface area contributed by atoms with E-state index >= 15 is 0 Å². The van der Waals surface area contributed by atoms with Crippen LogP contribution >= 0.6 is 0 Å². The summed E-state index contributed by atoms with van der Waals surface area (Å²) in [6, 6.07) is 50.6. The molecule has 0 amide bonds. The number of para-hydroxylation sites is 4. The van der Waals surface area contributed by atoms with Crippen LogP contribution in [-0.2, 0) is 5.41 Å². The number of hydrogen-bond acceptors (Lipinski definition) is 4. The van der Waals surface area contributed by atoms with Crippen molar-refractivity contribution in [1.82, 2.24) is 9.55 Å². The standard InChI is InChI=1S/C64H48BN5O/c1-64(2,3)46-38-39-66-62(40-46)70-61-42-49(36-37-60(61)69-57-33-15-13-29-55(57)53-27-11-10-26-52(53)54-28-12-14-32-56(54)65(69)70)71-48-25-18-24-47(41-48)67-43-68(59-35-17-16-34-58(59)67)63-50(44-20-6-4-7-21-44)30-19-31-51(63)45-22-8-5-9-23-45/h4-42H,1-3H3/i4D,5D,6D,7D,8D,9D,20D,21D,22D,23D. The number of rotatable bonds is 7. The first kappa shape index (κ1) is 32.7. The molecule has 4 heterocycles. The Morgan fingerprint density at radius 2 is 1.15 bits per heavy atom. The Hall–Kier alpha value is -8.94. The molecule has 0 unspecified atom stereocenters. The van der Waals surface area contributed by atoms with E-state index in [4.69, 9.17) is 23.4 Å². The van der Waals surface area contributed by atoms with Crippen LogP contribution in [-0.4, -0.2) is 16.5 Å². The SMILES string of the molecule is [2H]c1c([2H])c([2H])c(-c2cccc(-c3c([2H])c([2H])c([2H])c([2H])c3[2H])c2-[n+]2[c-]n(-c3cccc(Oc4ccc5c(c4)N(c4cc(C(C)(C)C)ccn4)B4c6ccccc6-c6ccccc6-c6ccccc6N45)c3)c3ccccc32)c([2H])c1[2H]. The first-order valence-corrected chi connectivity index (χ1v) is 23.5. The number of hydrogen-bond donors (Lipinski definition) is 0. The lowest BCUT2D eigenvalue weighted by Crippen LogP contribution is -2.54. The zero-order valence-corrected chi connectivity index (χ0v) is 39.0. The van der Waals surface area contributed by atoms with Crippen molar-refractivity contribution in [2.75, 3.05) is 9.62 Å². The Balaban J connectivity index is 0.972. The van der Waals surface area contributed by atoms with E-state index in [1.165, 1.54) is 0 Å². The molecule has 6 nitrogen and oxygen atoms in total. The molecule has 0 atom stereocenters. The number of fused-ring (bicyclic) bond motifs is 11. The number of imidazole rings is 1. The number of aromatic nitrogens is 3. The van der Waals surface area contributed by atoms with E-state index < -0.39 is 60.4 Å². The van der Waals surface area contributed by atoms with E-state index in [-0.39, 0.29) is 40.3 Å². The molecule has 7 heteroatoms. The van der Waals surface area contributed by atoms with E-state index in [1.54, 1.807) is 22.8 Å². The molecule has 2 aliphatic rings. The van der Waals surface area contributed by atoms with Crippen molar-refractivity contribution >= 4 is 46.4 Å². The van der Waals surface area contributed by atoms with E-state index in [1.807, 2.05) is 65.4 Å². The van der Waals surface area contributed by atoms with Gasteiger partial charge in [0.25, 0.3) is 6.33 Å². The monoisotopic (exact) mass is 923 g/mol. The van der Waals surface area contributed by atoms with Crippen LogP contribution in [0.25, 0.3) is 66.9 Å². The zero-order chi connectivity index (χ0) is 56.3. The first-order chi connectivity index (χ1) is 39.0. The minimum atomic E-state index is -0.570. The van der Waals surface area contributed by atoms with Crippen LogP contribution in [0, 0.1) is 6.33 Å². The van der Waals surface area contributed by atoms with Crippen molar-refractivity contribution in [3.63, 3.8) is 0 Å². The highest BCUT2D eigenvalue weighted by atomic mass is 16.5. The topological polar surface area (TPSA) is 37.4 Å². The molecule has 0 saturated heterocycles. The second kappa shape index (κ2) is 16.9. The molecule has 71 heavy (non-hydrogen) atoms. The maximum absolute atomic E-state index is 9.10. The second-order valence-corrected chi connectivity index (χ2v) is 18.6. The van der Waals surface area contributed by atoms with Gasteiger partial charge in [0.15, 0.2) is 0 Å². The van der Waals surface area contributed by atoms with E-state index in [0.717, 1.165) is 56.2 Å². The molecule has 2 aliphatic heterocycles. The summed E-state index contributed by atoms with van der Waals surface area (Å²) in [6.07, 6.45) is 5.37. The summed E-state index contributed by atoms with van der Waals surface area (Å²) in [5, 5.41) is 0. The molecule has 0 bridgehead atoms. The van der Waals surface area contributed by atoms with Crippen molar-refractivity contribution < 1.29 is 23.0 Å². The third kappa shape index (κ3) is 7.20. The van der Waals surface area contributed by atoms with Crippen molar-refractivity contribution in [3.8, 4) is 67.4 Å². The third-order valence-electron chi connectivity index (χ3n) is 13.4. The highest BCUT2D eigenvalue weighted by Crippen LogP contribution is 2.52. The van der Waals surface area contributed by atoms with Crippen LogP contribution in [0.15, 0.2) is 236 Å². The van der Waals surface area contributed by atoms with Gasteiger partial charge in [0.1, 0.15) is 17.3 Å². The highest BCUT2D eigenvalue weighted by Gasteiger charge is 2.47. The van der Waals surface area contributed by atoms with Crippen molar-refractivity contribution in [2.24, 2.45) is 0 Å². The summed E-state index contributed by atoms with van der Waals surface area (Å²) >= 11 is 0. The molecule has 0 N–H and O–H groups in total. The van der Waals surface area contributed by atoms with Crippen molar-refractivity contribution in [1.29, 1.82) is 0 Å².